The summed E-state index contributed by atoms with van der Waals surface area (Å²) in [6, 6.07) is 3.87. The number of hydrogen-bond acceptors (Lipinski definition) is 3. The van der Waals surface area contributed by atoms with Gasteiger partial charge in [0.15, 0.2) is 0 Å². The molecule has 5 heteroatoms. The summed E-state index contributed by atoms with van der Waals surface area (Å²) in [5, 5.41) is 17.7. The Morgan fingerprint density at radius 3 is 2.94 bits per heavy atom. The Kier molecular flexibility index (Phi) is 3.40. The van der Waals surface area contributed by atoms with Crippen LogP contribution in [0.15, 0.2) is 17.5 Å². The van der Waals surface area contributed by atoms with E-state index in [0.29, 0.717) is 12.0 Å². The molecule has 3 N–H and O–H groups in total. The second-order valence-corrected chi connectivity index (χ2v) is 5.85. The van der Waals surface area contributed by atoms with Crippen molar-refractivity contribution in [2.75, 3.05) is 6.54 Å². The van der Waals surface area contributed by atoms with Gasteiger partial charge in [0.1, 0.15) is 5.60 Å². The summed E-state index contributed by atoms with van der Waals surface area (Å²) < 4.78 is 0. The van der Waals surface area contributed by atoms with Crippen LogP contribution in [0.1, 0.15) is 25.1 Å². The molecule has 17 heavy (non-hydrogen) atoms. The van der Waals surface area contributed by atoms with Crippen LogP contribution < -0.4 is 10.6 Å². The van der Waals surface area contributed by atoms with Gasteiger partial charge in [-0.1, -0.05) is 13.0 Å². The molecule has 1 heterocycles. The third kappa shape index (κ3) is 3.20. The highest BCUT2D eigenvalue weighted by atomic mass is 32.1. The number of urea groups is 1. The summed E-state index contributed by atoms with van der Waals surface area (Å²) in [4.78, 5) is 12.4. The predicted molar refractivity (Wildman–Crippen MR) is 68.0 cm³/mol. The topological polar surface area (TPSA) is 61.4 Å². The molecule has 94 valence electrons. The molecule has 1 aromatic heterocycles. The Hall–Kier alpha value is -1.07. The fourth-order valence-electron chi connectivity index (χ4n) is 1.67. The van der Waals surface area contributed by atoms with Gasteiger partial charge in [0.05, 0.1) is 6.54 Å². The Labute approximate surface area is 105 Å². The molecule has 0 aromatic carbocycles. The first-order valence-electron chi connectivity index (χ1n) is 5.80. The molecular weight excluding hydrogens is 236 g/mol. The van der Waals surface area contributed by atoms with Crippen LogP contribution in [-0.2, 0) is 5.60 Å². The van der Waals surface area contributed by atoms with Crippen molar-refractivity contribution in [2.24, 2.45) is 5.92 Å². The standard InChI is InChI=1S/C12H18N2O2S/c1-8-6-9(8)14-11(15)13-7-12(2,16)10-4-3-5-17-10/h3-5,8-9,16H,6-7H2,1-2H3,(H2,13,14,15). The maximum absolute atomic E-state index is 11.5. The Morgan fingerprint density at radius 2 is 2.41 bits per heavy atom. The van der Waals surface area contributed by atoms with Gasteiger partial charge >= 0.3 is 6.03 Å². The highest BCUT2D eigenvalue weighted by Gasteiger charge is 2.34. The number of carbonyl (C=O) groups is 1. The van der Waals surface area contributed by atoms with Gasteiger partial charge in [0, 0.05) is 10.9 Å². The van der Waals surface area contributed by atoms with E-state index in [4.69, 9.17) is 0 Å². The van der Waals surface area contributed by atoms with Crippen LogP contribution in [0, 0.1) is 5.92 Å². The van der Waals surface area contributed by atoms with E-state index in [1.54, 1.807) is 6.92 Å². The fourth-order valence-corrected chi connectivity index (χ4v) is 2.45. The fraction of sp³-hybridized carbons (Fsp3) is 0.583. The van der Waals surface area contributed by atoms with Crippen molar-refractivity contribution in [2.45, 2.75) is 31.9 Å². The van der Waals surface area contributed by atoms with Gasteiger partial charge in [-0.25, -0.2) is 4.79 Å². The molecule has 2 rings (SSSR count). The third-order valence-corrected chi connectivity index (χ3v) is 4.19. The summed E-state index contributed by atoms with van der Waals surface area (Å²) in [6.07, 6.45) is 1.05. The van der Waals surface area contributed by atoms with Crippen molar-refractivity contribution >= 4 is 17.4 Å². The number of aliphatic hydroxyl groups is 1. The van der Waals surface area contributed by atoms with E-state index >= 15 is 0 Å². The summed E-state index contributed by atoms with van der Waals surface area (Å²) in [6.45, 7) is 4.03. The monoisotopic (exact) mass is 254 g/mol. The van der Waals surface area contributed by atoms with Gasteiger partial charge in [-0.3, -0.25) is 0 Å². The first-order chi connectivity index (χ1) is 7.99. The van der Waals surface area contributed by atoms with Gasteiger partial charge in [0.2, 0.25) is 0 Å². The maximum Gasteiger partial charge on any atom is 0.315 e. The average Bonchev–Trinajstić information content (AvgIpc) is 2.78. The lowest BCUT2D eigenvalue weighted by molar-refractivity contribution is 0.0631. The predicted octanol–water partition coefficient (Wildman–Crippen LogP) is 1.66. The molecule has 0 radical (unpaired) electrons. The largest absolute Gasteiger partial charge is 0.383 e. The lowest BCUT2D eigenvalue weighted by Crippen LogP contribution is -2.44. The van der Waals surface area contributed by atoms with Crippen LogP contribution in [0.2, 0.25) is 0 Å². The van der Waals surface area contributed by atoms with E-state index in [1.807, 2.05) is 17.5 Å². The van der Waals surface area contributed by atoms with Crippen LogP contribution in [-0.4, -0.2) is 23.7 Å². The van der Waals surface area contributed by atoms with E-state index in [-0.39, 0.29) is 12.6 Å². The van der Waals surface area contributed by atoms with Crippen molar-refractivity contribution in [3.8, 4) is 0 Å². The molecule has 1 aromatic rings. The van der Waals surface area contributed by atoms with Crippen molar-refractivity contribution in [3.05, 3.63) is 22.4 Å². The second-order valence-electron chi connectivity index (χ2n) is 4.90. The van der Waals surface area contributed by atoms with Gasteiger partial charge < -0.3 is 15.7 Å². The number of amides is 2. The molecule has 4 nitrogen and oxygen atoms in total. The molecule has 1 aliphatic rings. The van der Waals surface area contributed by atoms with Crippen molar-refractivity contribution in [1.29, 1.82) is 0 Å². The summed E-state index contributed by atoms with van der Waals surface area (Å²) in [5.74, 6) is 0.582. The normalized spacial score (nSPS) is 26.1. The highest BCUT2D eigenvalue weighted by Crippen LogP contribution is 2.29. The Bertz CT molecular complexity index is 389. The molecule has 3 unspecified atom stereocenters. The molecule has 0 bridgehead atoms. The third-order valence-electron chi connectivity index (χ3n) is 3.07. The molecule has 3 atom stereocenters. The minimum Gasteiger partial charge on any atom is -0.383 e. The number of carbonyl (C=O) groups excluding carboxylic acids is 1. The van der Waals surface area contributed by atoms with Gasteiger partial charge in [-0.05, 0) is 30.7 Å². The van der Waals surface area contributed by atoms with Crippen LogP contribution in [0.4, 0.5) is 4.79 Å². The molecule has 0 spiro atoms. The summed E-state index contributed by atoms with van der Waals surface area (Å²) in [5.41, 5.74) is -0.999. The smallest absolute Gasteiger partial charge is 0.315 e. The zero-order chi connectivity index (χ0) is 12.5. The van der Waals surface area contributed by atoms with E-state index < -0.39 is 5.60 Å². The molecule has 1 saturated carbocycles. The molecule has 0 saturated heterocycles. The van der Waals surface area contributed by atoms with E-state index in [0.717, 1.165) is 11.3 Å². The van der Waals surface area contributed by atoms with Gasteiger partial charge in [-0.15, -0.1) is 11.3 Å². The maximum atomic E-state index is 11.5. The molecular formula is C12H18N2O2S. The summed E-state index contributed by atoms with van der Waals surface area (Å²) >= 11 is 1.49. The minimum atomic E-state index is -0.999. The van der Waals surface area contributed by atoms with Crippen molar-refractivity contribution in [3.63, 3.8) is 0 Å². The van der Waals surface area contributed by atoms with Crippen LogP contribution in [0.3, 0.4) is 0 Å². The van der Waals surface area contributed by atoms with Gasteiger partial charge in [-0.2, -0.15) is 0 Å². The number of rotatable bonds is 4. The van der Waals surface area contributed by atoms with Crippen molar-refractivity contribution < 1.29 is 9.90 Å². The van der Waals surface area contributed by atoms with E-state index in [9.17, 15) is 9.90 Å². The Morgan fingerprint density at radius 1 is 1.71 bits per heavy atom. The number of nitrogens with one attached hydrogen (secondary N) is 2. The quantitative estimate of drug-likeness (QED) is 0.765. The van der Waals surface area contributed by atoms with Crippen LogP contribution >= 0.6 is 11.3 Å². The molecule has 0 aliphatic heterocycles. The molecule has 1 aliphatic carbocycles. The lowest BCUT2D eigenvalue weighted by Gasteiger charge is -2.22. The van der Waals surface area contributed by atoms with Gasteiger partial charge in [0.25, 0.3) is 0 Å². The minimum absolute atomic E-state index is 0.198. The number of hydrogen-bond donors (Lipinski definition) is 3. The Balaban J connectivity index is 1.79. The summed E-state index contributed by atoms with van der Waals surface area (Å²) in [7, 11) is 0. The first kappa shape index (κ1) is 12.4. The molecule has 1 fully saturated rings. The van der Waals surface area contributed by atoms with Crippen LogP contribution in [0.25, 0.3) is 0 Å². The first-order valence-corrected chi connectivity index (χ1v) is 6.68. The SMILES string of the molecule is CC1CC1NC(=O)NCC(C)(O)c1cccs1. The molecule has 2 amide bonds. The van der Waals surface area contributed by atoms with Crippen LogP contribution in [0.5, 0.6) is 0 Å². The number of thiophene rings is 1. The highest BCUT2D eigenvalue weighted by molar-refractivity contribution is 7.10. The van der Waals surface area contributed by atoms with Crippen molar-refractivity contribution in [1.82, 2.24) is 10.6 Å². The zero-order valence-electron chi connectivity index (χ0n) is 10.1. The second kappa shape index (κ2) is 4.66. The van der Waals surface area contributed by atoms with E-state index in [1.165, 1.54) is 11.3 Å². The van der Waals surface area contributed by atoms with E-state index in [2.05, 4.69) is 17.6 Å². The zero-order valence-corrected chi connectivity index (χ0v) is 10.9. The average molecular weight is 254 g/mol. The lowest BCUT2D eigenvalue weighted by atomic mass is 10.1.